The van der Waals surface area contributed by atoms with Crippen LogP contribution in [0.2, 0.25) is 0 Å². The first-order valence-corrected chi connectivity index (χ1v) is 36.1. The summed E-state index contributed by atoms with van der Waals surface area (Å²) in [6, 6.07) is 49.2. The normalized spacial score (nSPS) is 12.8. The van der Waals surface area contributed by atoms with Gasteiger partial charge in [0.1, 0.15) is 23.5 Å². The Kier molecular flexibility index (Phi) is 38.8. The summed E-state index contributed by atoms with van der Waals surface area (Å²) < 4.78 is 47.3. The third-order valence-corrected chi connectivity index (χ3v) is 18.5. The number of nitro benzene ring substituents is 1. The molecule has 568 valence electrons. The first kappa shape index (κ1) is 87.7. The molecule has 0 aromatic heterocycles. The van der Waals surface area contributed by atoms with E-state index < -0.39 is 34.2 Å². The summed E-state index contributed by atoms with van der Waals surface area (Å²) in [5, 5.41) is 34.4. The SMILES string of the molecule is CCCCC(CC)COC(=O)C(C#N)=C(c1ccccc1)c1ccccc1.CCCCCC(CC)OC(=O)/C=C/c1ccc(OC)cc1.COC(=O)C1=C(C)NC(C)=C(C(=O)OC)C1c1ccccc1[N+](=O)[O-].COc1ccc(CCN(C)CCCC(C#N)(c2ccc(OC)c(OC)c2)C(C)C)cc1OC. The molecule has 1 aliphatic heterocycles. The summed E-state index contributed by atoms with van der Waals surface area (Å²) in [5.41, 5.74) is 6.07. The summed E-state index contributed by atoms with van der Waals surface area (Å²) in [6.07, 6.45) is 15.4. The number of methoxy groups -OCH3 is 7. The highest BCUT2D eigenvalue weighted by molar-refractivity contribution is 6.05. The van der Waals surface area contributed by atoms with E-state index in [1.54, 1.807) is 61.5 Å². The predicted octanol–water partition coefficient (Wildman–Crippen LogP) is 17.7. The Hall–Kier alpha value is -10.7. The van der Waals surface area contributed by atoms with Gasteiger partial charge < -0.3 is 52.8 Å². The molecule has 6 aromatic rings. The molecule has 3 atom stereocenters. The van der Waals surface area contributed by atoms with Gasteiger partial charge in [-0.3, -0.25) is 10.1 Å². The number of nitrogens with zero attached hydrogens (tertiary/aromatic N) is 4. The fourth-order valence-corrected chi connectivity index (χ4v) is 12.3. The van der Waals surface area contributed by atoms with E-state index in [0.29, 0.717) is 41.0 Å². The van der Waals surface area contributed by atoms with Crippen molar-refractivity contribution in [1.29, 1.82) is 10.5 Å². The lowest BCUT2D eigenvalue weighted by atomic mass is 9.69. The highest BCUT2D eigenvalue weighted by atomic mass is 16.6. The lowest BCUT2D eigenvalue weighted by molar-refractivity contribution is -0.385. The number of dihydropyridines is 1. The van der Waals surface area contributed by atoms with Crippen LogP contribution in [0.4, 0.5) is 5.69 Å². The number of para-hydroxylation sites is 1. The molecule has 0 fully saturated rings. The molecule has 0 amide bonds. The molecule has 1 heterocycles. The maximum absolute atomic E-state index is 12.8. The number of hydrogen-bond acceptors (Lipinski definition) is 19. The van der Waals surface area contributed by atoms with Gasteiger partial charge in [-0.1, -0.05) is 177 Å². The fourth-order valence-electron chi connectivity index (χ4n) is 12.3. The number of nitro groups is 1. The quantitative estimate of drug-likeness (QED) is 0.00737. The van der Waals surface area contributed by atoms with Crippen LogP contribution in [-0.2, 0) is 50.0 Å². The van der Waals surface area contributed by atoms with Gasteiger partial charge in [0.05, 0.1) is 89.8 Å². The van der Waals surface area contributed by atoms with Crippen molar-refractivity contribution in [2.24, 2.45) is 11.8 Å². The minimum atomic E-state index is -0.970. The van der Waals surface area contributed by atoms with Crippen LogP contribution < -0.4 is 29.0 Å². The second-order valence-electron chi connectivity index (χ2n) is 25.8. The highest BCUT2D eigenvalue weighted by Gasteiger charge is 2.41. The summed E-state index contributed by atoms with van der Waals surface area (Å²) in [5.74, 6) is 0.986. The van der Waals surface area contributed by atoms with E-state index in [1.165, 1.54) is 56.9 Å². The molecule has 20 nitrogen and oxygen atoms in total. The molecule has 0 radical (unpaired) electrons. The number of carbonyl (C=O) groups is 4. The highest BCUT2D eigenvalue weighted by Crippen LogP contribution is 2.44. The Bertz CT molecular complexity index is 3900. The molecule has 0 saturated carbocycles. The fraction of sp³-hybridized carbons (Fsp3) is 0.419. The van der Waals surface area contributed by atoms with Crippen LogP contribution in [0.15, 0.2) is 180 Å². The second kappa shape index (κ2) is 46.9. The third-order valence-electron chi connectivity index (χ3n) is 18.5. The maximum atomic E-state index is 12.8. The van der Waals surface area contributed by atoms with Crippen LogP contribution in [0.3, 0.4) is 0 Å². The summed E-state index contributed by atoms with van der Waals surface area (Å²) in [7, 11) is 12.7. The second-order valence-corrected chi connectivity index (χ2v) is 25.8. The molecule has 0 saturated heterocycles. The molecule has 3 unspecified atom stereocenters. The van der Waals surface area contributed by atoms with Crippen molar-refractivity contribution < 1.29 is 66.7 Å². The van der Waals surface area contributed by atoms with Crippen molar-refractivity contribution in [3.8, 4) is 40.9 Å². The van der Waals surface area contributed by atoms with E-state index in [2.05, 4.69) is 77.0 Å². The van der Waals surface area contributed by atoms with Gasteiger partial charge in [0.2, 0.25) is 0 Å². The van der Waals surface area contributed by atoms with Gasteiger partial charge in [-0.2, -0.15) is 10.5 Å². The van der Waals surface area contributed by atoms with E-state index in [9.17, 15) is 39.8 Å². The van der Waals surface area contributed by atoms with Crippen LogP contribution in [0.25, 0.3) is 11.6 Å². The standard InChI is InChI=1S/C27H38N2O4.C24H27NO2.C18H26O3.C17H18N2O6/c1-20(2)27(19-28,22-10-12-24(31-5)26(18-22)33-7)14-8-15-29(3)16-13-21-9-11-23(30-4)25(17-21)32-6;1-3-5-12-19(4-2)18-27-24(26)22(17-25)23(20-13-8-6-9-14-20)21-15-10-7-11-16-21;1-4-6-7-8-16(5-2)21-18(19)14-11-15-9-12-17(20-3)13-10-15;1-9-13(16(20)24-3)15(14(10(2)18-9)17(21)25-4)11-7-5-6-8-12(11)19(22)23/h9-12,17-18,20H,8,13-16H2,1-7H3;6-11,13-16,19H,3-5,12,18H2,1-2H3;9-14,16H,4-8H2,1-3H3;5-8,15,18H,1-4H3/b;;14-11+;. The molecule has 6 aromatic carbocycles. The van der Waals surface area contributed by atoms with Crippen LogP contribution in [0, 0.1) is 44.6 Å². The minimum absolute atomic E-state index is 0.0320. The molecular formula is C86H109N5O15. The van der Waals surface area contributed by atoms with Crippen molar-refractivity contribution in [2.75, 3.05) is 76.5 Å². The van der Waals surface area contributed by atoms with E-state index in [4.69, 9.17) is 42.6 Å². The number of nitrogens with one attached hydrogen (secondary N) is 1. The lowest BCUT2D eigenvalue weighted by Gasteiger charge is -2.32. The Balaban J connectivity index is 0.000000303. The van der Waals surface area contributed by atoms with Gasteiger partial charge in [-0.25, -0.2) is 19.2 Å². The van der Waals surface area contributed by atoms with E-state index in [1.807, 2.05) is 115 Å². The topological polar surface area (TPSA) is 257 Å². The Labute approximate surface area is 628 Å². The van der Waals surface area contributed by atoms with Gasteiger partial charge in [-0.05, 0) is 155 Å². The minimum Gasteiger partial charge on any atom is -0.497 e. The smallest absolute Gasteiger partial charge is 0.349 e. The average molecular weight is 1450 g/mol. The van der Waals surface area contributed by atoms with Gasteiger partial charge in [0.15, 0.2) is 23.0 Å². The van der Waals surface area contributed by atoms with Crippen molar-refractivity contribution >= 4 is 41.2 Å². The molecule has 20 heteroatoms. The summed E-state index contributed by atoms with van der Waals surface area (Å²) >= 11 is 0. The number of esters is 4. The number of benzene rings is 6. The third kappa shape index (κ3) is 26.2. The number of carbonyl (C=O) groups excluding carboxylic acids is 4. The summed E-state index contributed by atoms with van der Waals surface area (Å²) in [6.45, 7) is 18.2. The van der Waals surface area contributed by atoms with E-state index in [0.717, 1.165) is 117 Å². The number of nitriles is 2. The van der Waals surface area contributed by atoms with Crippen molar-refractivity contribution in [3.63, 3.8) is 0 Å². The molecule has 0 aliphatic carbocycles. The number of allylic oxidation sites excluding steroid dienone is 2. The van der Waals surface area contributed by atoms with Gasteiger partial charge in [0.25, 0.3) is 5.69 Å². The molecule has 7 rings (SSSR count). The Morgan fingerprint density at radius 3 is 1.70 bits per heavy atom. The van der Waals surface area contributed by atoms with Gasteiger partial charge >= 0.3 is 23.9 Å². The number of rotatable bonds is 35. The Morgan fingerprint density at radius 2 is 1.20 bits per heavy atom. The molecule has 1 N–H and O–H groups in total. The van der Waals surface area contributed by atoms with E-state index >= 15 is 0 Å². The van der Waals surface area contributed by atoms with Gasteiger partial charge in [-0.15, -0.1) is 0 Å². The molecule has 106 heavy (non-hydrogen) atoms. The van der Waals surface area contributed by atoms with Gasteiger partial charge in [0, 0.05) is 41.2 Å². The molecule has 0 spiro atoms. The zero-order valence-electron chi connectivity index (χ0n) is 64.8. The lowest BCUT2D eigenvalue weighted by Crippen LogP contribution is -2.32. The monoisotopic (exact) mass is 1450 g/mol. The van der Waals surface area contributed by atoms with E-state index in [-0.39, 0.29) is 46.0 Å². The zero-order chi connectivity index (χ0) is 78.1. The zero-order valence-corrected chi connectivity index (χ0v) is 64.8. The summed E-state index contributed by atoms with van der Waals surface area (Å²) in [4.78, 5) is 62.5. The number of unbranched alkanes of at least 4 members (excludes halogenated alkanes) is 3. The Morgan fingerprint density at radius 1 is 0.642 bits per heavy atom. The van der Waals surface area contributed by atoms with Crippen LogP contribution in [0.1, 0.15) is 165 Å². The average Bonchev–Trinajstić information content (AvgIpc) is 0.754. The number of likely N-dealkylation sites (N-methyl/N-ethyl adjacent to an activating group) is 1. The van der Waals surface area contributed by atoms with Crippen LogP contribution in [0.5, 0.6) is 28.7 Å². The largest absolute Gasteiger partial charge is 0.497 e. The van der Waals surface area contributed by atoms with Crippen molar-refractivity contribution in [1.82, 2.24) is 10.2 Å². The number of hydrogen-bond donors (Lipinski definition) is 1. The molecule has 0 bridgehead atoms. The van der Waals surface area contributed by atoms with Crippen LogP contribution >= 0.6 is 0 Å². The predicted molar refractivity (Wildman–Crippen MR) is 415 cm³/mol. The first-order valence-electron chi connectivity index (χ1n) is 36.1. The molecule has 1 aliphatic rings. The van der Waals surface area contributed by atoms with Crippen LogP contribution in [-0.4, -0.2) is 116 Å². The van der Waals surface area contributed by atoms with Crippen molar-refractivity contribution in [2.45, 2.75) is 150 Å². The maximum Gasteiger partial charge on any atom is 0.349 e. The van der Waals surface area contributed by atoms with Crippen molar-refractivity contribution in [3.05, 3.63) is 223 Å². The first-order chi connectivity index (χ1) is 51.1. The number of ether oxygens (including phenoxy) is 9. The molecular weight excluding hydrogens is 1340 g/mol.